The first-order chi connectivity index (χ1) is 10.8. The standard InChI is InChI=1S/C20H16O2/c1-21-18-11-12-19(22-2)20-16-8-7-13-5-3-4-6-14(13)15(16)9-10-17(18)20/h3-12H,1-2H3. The first-order valence-corrected chi connectivity index (χ1v) is 7.28. The van der Waals surface area contributed by atoms with E-state index in [0.29, 0.717) is 0 Å². The molecular formula is C20H16O2. The fraction of sp³-hybridized carbons (Fsp3) is 0.100. The molecule has 0 heterocycles. The molecule has 22 heavy (non-hydrogen) atoms. The molecule has 0 amide bonds. The van der Waals surface area contributed by atoms with Crippen LogP contribution in [0.15, 0.2) is 60.7 Å². The molecule has 0 bridgehead atoms. The number of ether oxygens (including phenoxy) is 2. The van der Waals surface area contributed by atoms with Crippen molar-refractivity contribution < 1.29 is 9.47 Å². The van der Waals surface area contributed by atoms with E-state index in [4.69, 9.17) is 9.47 Å². The minimum absolute atomic E-state index is 0.867. The highest BCUT2D eigenvalue weighted by Gasteiger charge is 2.12. The van der Waals surface area contributed by atoms with Gasteiger partial charge in [-0.25, -0.2) is 0 Å². The second-order valence-corrected chi connectivity index (χ2v) is 5.34. The molecule has 4 rings (SSSR count). The second kappa shape index (κ2) is 4.92. The maximum Gasteiger partial charge on any atom is 0.127 e. The van der Waals surface area contributed by atoms with Crippen molar-refractivity contribution in [3.8, 4) is 11.5 Å². The third-order valence-corrected chi connectivity index (χ3v) is 4.26. The van der Waals surface area contributed by atoms with Crippen molar-refractivity contribution in [2.45, 2.75) is 0 Å². The van der Waals surface area contributed by atoms with Gasteiger partial charge in [0.25, 0.3) is 0 Å². The lowest BCUT2D eigenvalue weighted by atomic mass is 9.96. The Labute approximate surface area is 128 Å². The summed E-state index contributed by atoms with van der Waals surface area (Å²) in [5.41, 5.74) is 0. The van der Waals surface area contributed by atoms with Gasteiger partial charge in [-0.05, 0) is 39.7 Å². The van der Waals surface area contributed by atoms with Crippen LogP contribution >= 0.6 is 0 Å². The summed E-state index contributed by atoms with van der Waals surface area (Å²) < 4.78 is 11.1. The lowest BCUT2D eigenvalue weighted by Crippen LogP contribution is -1.90. The molecule has 4 aromatic rings. The smallest absolute Gasteiger partial charge is 0.127 e. The van der Waals surface area contributed by atoms with Crippen molar-refractivity contribution in [3.63, 3.8) is 0 Å². The van der Waals surface area contributed by atoms with E-state index in [2.05, 4.69) is 48.5 Å². The van der Waals surface area contributed by atoms with Crippen LogP contribution in [-0.2, 0) is 0 Å². The lowest BCUT2D eigenvalue weighted by molar-refractivity contribution is 0.410. The van der Waals surface area contributed by atoms with Crippen LogP contribution in [0.5, 0.6) is 11.5 Å². The fourth-order valence-electron chi connectivity index (χ4n) is 3.23. The normalized spacial score (nSPS) is 11.2. The zero-order chi connectivity index (χ0) is 15.1. The van der Waals surface area contributed by atoms with E-state index < -0.39 is 0 Å². The Morgan fingerprint density at radius 2 is 1.23 bits per heavy atom. The Kier molecular flexibility index (Phi) is 2.90. The van der Waals surface area contributed by atoms with Gasteiger partial charge in [-0.15, -0.1) is 0 Å². The highest BCUT2D eigenvalue weighted by Crippen LogP contribution is 2.39. The molecule has 0 N–H and O–H groups in total. The van der Waals surface area contributed by atoms with E-state index in [9.17, 15) is 0 Å². The van der Waals surface area contributed by atoms with Gasteiger partial charge in [-0.1, -0.05) is 42.5 Å². The van der Waals surface area contributed by atoms with Crippen molar-refractivity contribution in [2.24, 2.45) is 0 Å². The molecule has 0 aromatic heterocycles. The Bertz CT molecular complexity index is 1000. The largest absolute Gasteiger partial charge is 0.496 e. The van der Waals surface area contributed by atoms with E-state index in [1.54, 1.807) is 14.2 Å². The molecule has 108 valence electrons. The zero-order valence-corrected chi connectivity index (χ0v) is 12.6. The van der Waals surface area contributed by atoms with Gasteiger partial charge < -0.3 is 9.47 Å². The van der Waals surface area contributed by atoms with E-state index in [1.807, 2.05) is 12.1 Å². The molecule has 0 fully saturated rings. The first kappa shape index (κ1) is 13.0. The van der Waals surface area contributed by atoms with Crippen LogP contribution in [0, 0.1) is 0 Å². The molecular weight excluding hydrogens is 272 g/mol. The van der Waals surface area contributed by atoms with Crippen molar-refractivity contribution >= 4 is 32.3 Å². The molecule has 0 aliphatic carbocycles. The third-order valence-electron chi connectivity index (χ3n) is 4.26. The summed E-state index contributed by atoms with van der Waals surface area (Å²) in [6.45, 7) is 0. The Morgan fingerprint density at radius 1 is 0.545 bits per heavy atom. The average molecular weight is 288 g/mol. The van der Waals surface area contributed by atoms with Crippen LogP contribution in [0.3, 0.4) is 0 Å². The van der Waals surface area contributed by atoms with Crippen LogP contribution in [-0.4, -0.2) is 14.2 Å². The van der Waals surface area contributed by atoms with Crippen LogP contribution < -0.4 is 9.47 Å². The Balaban J connectivity index is 2.25. The number of fused-ring (bicyclic) bond motifs is 5. The molecule has 0 aliphatic heterocycles. The molecule has 0 saturated carbocycles. The highest BCUT2D eigenvalue weighted by atomic mass is 16.5. The maximum atomic E-state index is 5.59. The zero-order valence-electron chi connectivity index (χ0n) is 12.6. The molecule has 2 nitrogen and oxygen atoms in total. The molecule has 4 aromatic carbocycles. The van der Waals surface area contributed by atoms with Gasteiger partial charge in [0, 0.05) is 10.8 Å². The monoisotopic (exact) mass is 288 g/mol. The van der Waals surface area contributed by atoms with Crippen molar-refractivity contribution in [3.05, 3.63) is 60.7 Å². The minimum Gasteiger partial charge on any atom is -0.496 e. The topological polar surface area (TPSA) is 18.5 Å². The summed E-state index contributed by atoms with van der Waals surface area (Å²) in [6.07, 6.45) is 0. The second-order valence-electron chi connectivity index (χ2n) is 5.34. The van der Waals surface area contributed by atoms with Crippen LogP contribution in [0.1, 0.15) is 0 Å². The Morgan fingerprint density at radius 3 is 2.05 bits per heavy atom. The van der Waals surface area contributed by atoms with Gasteiger partial charge in [0.05, 0.1) is 14.2 Å². The summed E-state index contributed by atoms with van der Waals surface area (Å²) in [5, 5.41) is 7.10. The Hall–Kier alpha value is -2.74. The average Bonchev–Trinajstić information content (AvgIpc) is 2.60. The predicted octanol–water partition coefficient (Wildman–Crippen LogP) is 5.16. The van der Waals surface area contributed by atoms with Crippen molar-refractivity contribution in [1.29, 1.82) is 0 Å². The van der Waals surface area contributed by atoms with E-state index in [0.717, 1.165) is 22.3 Å². The minimum atomic E-state index is 0.867. The summed E-state index contributed by atoms with van der Waals surface area (Å²) in [6, 6.07) is 21.0. The molecule has 0 saturated heterocycles. The lowest BCUT2D eigenvalue weighted by Gasteiger charge is -2.13. The first-order valence-electron chi connectivity index (χ1n) is 7.28. The SMILES string of the molecule is COc1ccc(OC)c2c1ccc1c3ccccc3ccc12. The van der Waals surface area contributed by atoms with Crippen LogP contribution in [0.2, 0.25) is 0 Å². The molecule has 0 aliphatic rings. The highest BCUT2D eigenvalue weighted by molar-refractivity contribution is 6.19. The summed E-state index contributed by atoms with van der Waals surface area (Å²) >= 11 is 0. The summed E-state index contributed by atoms with van der Waals surface area (Å²) in [7, 11) is 3.41. The van der Waals surface area contributed by atoms with Gasteiger partial charge in [0.1, 0.15) is 11.5 Å². The third kappa shape index (κ3) is 1.74. The van der Waals surface area contributed by atoms with E-state index in [1.165, 1.54) is 21.5 Å². The maximum absolute atomic E-state index is 5.59. The molecule has 0 atom stereocenters. The van der Waals surface area contributed by atoms with Crippen molar-refractivity contribution in [1.82, 2.24) is 0 Å². The van der Waals surface area contributed by atoms with Gasteiger partial charge in [0.15, 0.2) is 0 Å². The number of hydrogen-bond acceptors (Lipinski definition) is 2. The fourth-order valence-corrected chi connectivity index (χ4v) is 3.23. The number of hydrogen-bond donors (Lipinski definition) is 0. The van der Waals surface area contributed by atoms with Gasteiger partial charge in [-0.3, -0.25) is 0 Å². The number of benzene rings is 4. The summed E-state index contributed by atoms with van der Waals surface area (Å²) in [4.78, 5) is 0. The molecule has 0 unspecified atom stereocenters. The van der Waals surface area contributed by atoms with E-state index in [-0.39, 0.29) is 0 Å². The molecule has 0 spiro atoms. The van der Waals surface area contributed by atoms with Crippen LogP contribution in [0.25, 0.3) is 32.3 Å². The van der Waals surface area contributed by atoms with E-state index >= 15 is 0 Å². The predicted molar refractivity (Wildman–Crippen MR) is 92.1 cm³/mol. The van der Waals surface area contributed by atoms with Gasteiger partial charge in [0.2, 0.25) is 0 Å². The van der Waals surface area contributed by atoms with Crippen LogP contribution in [0.4, 0.5) is 0 Å². The number of methoxy groups -OCH3 is 2. The number of rotatable bonds is 2. The molecule has 0 radical (unpaired) electrons. The van der Waals surface area contributed by atoms with Gasteiger partial charge in [-0.2, -0.15) is 0 Å². The summed E-state index contributed by atoms with van der Waals surface area (Å²) in [5.74, 6) is 1.74. The van der Waals surface area contributed by atoms with Gasteiger partial charge >= 0.3 is 0 Å². The molecule has 2 heteroatoms. The quantitative estimate of drug-likeness (QED) is 0.474. The van der Waals surface area contributed by atoms with Crippen molar-refractivity contribution in [2.75, 3.05) is 14.2 Å².